The Hall–Kier alpha value is -0.550. The van der Waals surface area contributed by atoms with Crippen LogP contribution in [0.5, 0.6) is 0 Å². The van der Waals surface area contributed by atoms with Gasteiger partial charge in [-0.1, -0.05) is 0 Å². The number of hydrogen-bond donors (Lipinski definition) is 0. The number of alkyl halides is 1. The molecule has 1 saturated carbocycles. The Bertz CT molecular complexity index is 180. The maximum absolute atomic E-state index is 12.9. The van der Waals surface area contributed by atoms with Crippen molar-refractivity contribution in [2.45, 2.75) is 25.1 Å². The van der Waals surface area contributed by atoms with E-state index in [1.54, 1.807) is 0 Å². The van der Waals surface area contributed by atoms with Crippen molar-refractivity contribution < 1.29 is 8.87 Å². The molecule has 0 aromatic rings. The Balaban J connectivity index is 2.51. The molecule has 0 N–H and O–H groups in total. The molecule has 0 radical (unpaired) electrons. The predicted molar refractivity (Wildman–Crippen MR) is 43.7 cm³/mol. The summed E-state index contributed by atoms with van der Waals surface area (Å²) in [5, 5.41) is 0. The number of quaternary nitrogens is 1. The van der Waals surface area contributed by atoms with Crippen LogP contribution in [0.3, 0.4) is 0 Å². The second kappa shape index (κ2) is 2.83. The van der Waals surface area contributed by atoms with Gasteiger partial charge in [-0.3, -0.25) is 0 Å². The van der Waals surface area contributed by atoms with Crippen LogP contribution in [0, 0.1) is 12.3 Å². The second-order valence-corrected chi connectivity index (χ2v) is 3.80. The third-order valence-electron chi connectivity index (χ3n) is 2.55. The molecule has 1 fully saturated rings. The lowest BCUT2D eigenvalue weighted by Crippen LogP contribution is -2.58. The van der Waals surface area contributed by atoms with Crippen LogP contribution < -0.4 is 0 Å². The highest BCUT2D eigenvalue weighted by atomic mass is 19.1. The average molecular weight is 156 g/mol. The van der Waals surface area contributed by atoms with Crippen molar-refractivity contribution in [1.29, 1.82) is 0 Å². The SMILES string of the molecule is C#CC[N+](C)(C)[C@@H]1CC[C@@H]1F. The molecule has 1 nitrogen and oxygen atoms in total. The summed E-state index contributed by atoms with van der Waals surface area (Å²) in [6.45, 7) is 0.630. The van der Waals surface area contributed by atoms with Crippen LogP contribution in [-0.2, 0) is 0 Å². The van der Waals surface area contributed by atoms with E-state index in [4.69, 9.17) is 6.42 Å². The van der Waals surface area contributed by atoms with Crippen LogP contribution in [0.25, 0.3) is 0 Å². The van der Waals surface area contributed by atoms with Crippen LogP contribution >= 0.6 is 0 Å². The maximum atomic E-state index is 12.9. The zero-order valence-electron chi connectivity index (χ0n) is 7.18. The Morgan fingerprint density at radius 3 is 2.45 bits per heavy atom. The molecule has 1 rings (SSSR count). The van der Waals surface area contributed by atoms with Crippen LogP contribution in [0.2, 0.25) is 0 Å². The fourth-order valence-electron chi connectivity index (χ4n) is 1.58. The van der Waals surface area contributed by atoms with Crippen molar-refractivity contribution in [3.8, 4) is 12.3 Å². The molecule has 0 heterocycles. The van der Waals surface area contributed by atoms with Crippen molar-refractivity contribution in [2.24, 2.45) is 0 Å². The lowest BCUT2D eigenvalue weighted by Gasteiger charge is -2.43. The summed E-state index contributed by atoms with van der Waals surface area (Å²) in [4.78, 5) is 0. The highest BCUT2D eigenvalue weighted by Gasteiger charge is 2.42. The summed E-state index contributed by atoms with van der Waals surface area (Å²) in [6.07, 6.45) is 6.26. The molecule has 0 unspecified atom stereocenters. The van der Waals surface area contributed by atoms with Gasteiger partial charge >= 0.3 is 0 Å². The molecule has 0 saturated heterocycles. The third kappa shape index (κ3) is 1.54. The fourth-order valence-corrected chi connectivity index (χ4v) is 1.58. The molecule has 0 spiro atoms. The number of hydrogen-bond acceptors (Lipinski definition) is 0. The Morgan fingerprint density at radius 1 is 1.55 bits per heavy atom. The second-order valence-electron chi connectivity index (χ2n) is 3.80. The summed E-state index contributed by atoms with van der Waals surface area (Å²) in [7, 11) is 3.99. The lowest BCUT2D eigenvalue weighted by molar-refractivity contribution is -0.917. The molecular formula is C9H15FN+. The van der Waals surface area contributed by atoms with Gasteiger partial charge in [0, 0.05) is 6.42 Å². The van der Waals surface area contributed by atoms with E-state index in [2.05, 4.69) is 5.92 Å². The number of halogens is 1. The van der Waals surface area contributed by atoms with E-state index in [1.165, 1.54) is 0 Å². The van der Waals surface area contributed by atoms with Gasteiger partial charge in [-0.25, -0.2) is 4.39 Å². The molecule has 62 valence electrons. The molecule has 1 aliphatic carbocycles. The Labute approximate surface area is 67.8 Å². The first-order valence-corrected chi connectivity index (χ1v) is 3.98. The number of terminal acetylenes is 1. The molecule has 2 atom stereocenters. The highest BCUT2D eigenvalue weighted by molar-refractivity contribution is 4.88. The van der Waals surface area contributed by atoms with E-state index in [0.717, 1.165) is 12.8 Å². The van der Waals surface area contributed by atoms with Gasteiger partial charge in [0.15, 0.2) is 6.17 Å². The van der Waals surface area contributed by atoms with Crippen LogP contribution in [0.1, 0.15) is 12.8 Å². The summed E-state index contributed by atoms with van der Waals surface area (Å²) < 4.78 is 13.6. The molecular weight excluding hydrogens is 141 g/mol. The summed E-state index contributed by atoms with van der Waals surface area (Å²) in [5.41, 5.74) is 0. The standard InChI is InChI=1S/C9H15FN/c1-4-7-11(2,3)9-6-5-8(9)10/h1,8-9H,5-7H2,2-3H3/q+1/t8-,9+/m0/s1. The Morgan fingerprint density at radius 2 is 2.18 bits per heavy atom. The summed E-state index contributed by atoms with van der Waals surface area (Å²) in [5.74, 6) is 2.58. The van der Waals surface area contributed by atoms with Crippen molar-refractivity contribution in [1.82, 2.24) is 0 Å². The topological polar surface area (TPSA) is 0 Å². The van der Waals surface area contributed by atoms with Gasteiger partial charge in [0.05, 0.1) is 14.1 Å². The van der Waals surface area contributed by atoms with Crippen molar-refractivity contribution >= 4 is 0 Å². The first-order chi connectivity index (χ1) is 5.08. The monoisotopic (exact) mass is 156 g/mol. The van der Waals surface area contributed by atoms with Gasteiger partial charge < -0.3 is 4.48 Å². The highest BCUT2D eigenvalue weighted by Crippen LogP contribution is 2.31. The molecule has 11 heavy (non-hydrogen) atoms. The molecule has 0 aliphatic heterocycles. The van der Waals surface area contributed by atoms with E-state index in [-0.39, 0.29) is 6.04 Å². The van der Waals surface area contributed by atoms with Gasteiger partial charge in [0.2, 0.25) is 0 Å². The summed E-state index contributed by atoms with van der Waals surface area (Å²) in [6, 6.07) is 0.144. The van der Waals surface area contributed by atoms with E-state index < -0.39 is 6.17 Å². The van der Waals surface area contributed by atoms with Gasteiger partial charge in [-0.15, -0.1) is 6.42 Å². The molecule has 0 aromatic heterocycles. The first-order valence-electron chi connectivity index (χ1n) is 3.98. The van der Waals surface area contributed by atoms with Gasteiger partial charge in [-0.05, 0) is 12.3 Å². The first kappa shape index (κ1) is 8.55. The van der Waals surface area contributed by atoms with Crippen LogP contribution in [0.4, 0.5) is 4.39 Å². The van der Waals surface area contributed by atoms with Gasteiger partial charge in [0.1, 0.15) is 12.6 Å². The molecule has 0 aromatic carbocycles. The van der Waals surface area contributed by atoms with Crippen molar-refractivity contribution in [2.75, 3.05) is 20.6 Å². The average Bonchev–Trinajstić information content (AvgIpc) is 1.83. The molecule has 1 aliphatic rings. The summed E-state index contributed by atoms with van der Waals surface area (Å²) >= 11 is 0. The van der Waals surface area contributed by atoms with Gasteiger partial charge in [0.25, 0.3) is 0 Å². The van der Waals surface area contributed by atoms with Crippen LogP contribution in [0.15, 0.2) is 0 Å². The smallest absolute Gasteiger partial charge is 0.152 e. The van der Waals surface area contributed by atoms with E-state index >= 15 is 0 Å². The van der Waals surface area contributed by atoms with Crippen LogP contribution in [-0.4, -0.2) is 37.3 Å². The minimum Gasteiger partial charge on any atom is -0.314 e. The quantitative estimate of drug-likeness (QED) is 0.416. The maximum Gasteiger partial charge on any atom is 0.152 e. The zero-order chi connectivity index (χ0) is 8.48. The van der Waals surface area contributed by atoms with E-state index in [1.807, 2.05) is 14.1 Å². The minimum absolute atomic E-state index is 0.144. The zero-order valence-corrected chi connectivity index (χ0v) is 7.18. The van der Waals surface area contributed by atoms with Crippen molar-refractivity contribution in [3.63, 3.8) is 0 Å². The van der Waals surface area contributed by atoms with Gasteiger partial charge in [-0.2, -0.15) is 0 Å². The largest absolute Gasteiger partial charge is 0.314 e. The number of rotatable bonds is 2. The van der Waals surface area contributed by atoms with Crippen molar-refractivity contribution in [3.05, 3.63) is 0 Å². The van der Waals surface area contributed by atoms with E-state index in [0.29, 0.717) is 11.0 Å². The third-order valence-corrected chi connectivity index (χ3v) is 2.55. The Kier molecular flexibility index (Phi) is 2.20. The normalized spacial score (nSPS) is 30.7. The molecule has 0 bridgehead atoms. The minimum atomic E-state index is -0.627. The number of nitrogens with zero attached hydrogens (tertiary/aromatic N) is 1. The predicted octanol–water partition coefficient (Wildman–Crippen LogP) is 1.20. The lowest BCUT2D eigenvalue weighted by atomic mass is 9.88. The van der Waals surface area contributed by atoms with E-state index in [9.17, 15) is 4.39 Å². The molecule has 2 heteroatoms. The fraction of sp³-hybridized carbons (Fsp3) is 0.778. The molecule has 0 amide bonds.